The molecule has 1 aromatic carbocycles. The number of benzene rings is 1. The molecule has 0 aromatic heterocycles. The molecule has 0 aliphatic heterocycles. The molecule has 0 heterocycles. The molecule has 4 heteroatoms. The second-order valence-corrected chi connectivity index (χ2v) is 7.50. The molecule has 2 atom stereocenters. The second-order valence-electron chi connectivity index (χ2n) is 5.02. The van der Waals surface area contributed by atoms with E-state index in [2.05, 4.69) is 5.32 Å². The van der Waals surface area contributed by atoms with Crippen LogP contribution in [0.4, 0.5) is 0 Å². The van der Waals surface area contributed by atoms with Crippen LogP contribution in [0.25, 0.3) is 0 Å². The number of aryl methyl sites for hydroxylation is 1. The lowest BCUT2D eigenvalue weighted by Gasteiger charge is -2.25. The van der Waals surface area contributed by atoms with E-state index in [4.69, 9.17) is 0 Å². The van der Waals surface area contributed by atoms with Gasteiger partial charge in [-0.2, -0.15) is 0 Å². The molecule has 0 bridgehead atoms. The van der Waals surface area contributed by atoms with E-state index in [-0.39, 0.29) is 11.8 Å². The molecule has 2 unspecified atom stereocenters. The zero-order chi connectivity index (χ0) is 14.5. The van der Waals surface area contributed by atoms with Gasteiger partial charge in [-0.05, 0) is 32.4 Å². The SMILES string of the molecule is CCCS(=O)(=O)C(C)C(NCC)c1ccc(C)cc1. The monoisotopic (exact) mass is 283 g/mol. The Hall–Kier alpha value is -0.870. The van der Waals surface area contributed by atoms with Crippen LogP contribution in [0.15, 0.2) is 24.3 Å². The summed E-state index contributed by atoms with van der Waals surface area (Å²) in [5.74, 6) is 0.252. The van der Waals surface area contributed by atoms with Gasteiger partial charge in [-0.25, -0.2) is 8.42 Å². The van der Waals surface area contributed by atoms with Crippen LogP contribution < -0.4 is 5.32 Å². The van der Waals surface area contributed by atoms with Crippen molar-refractivity contribution in [2.75, 3.05) is 12.3 Å². The highest BCUT2D eigenvalue weighted by Crippen LogP contribution is 2.23. The summed E-state index contributed by atoms with van der Waals surface area (Å²) >= 11 is 0. The number of sulfone groups is 1. The molecule has 0 saturated carbocycles. The van der Waals surface area contributed by atoms with Crippen LogP contribution in [0.3, 0.4) is 0 Å². The summed E-state index contributed by atoms with van der Waals surface area (Å²) in [7, 11) is -3.05. The maximum atomic E-state index is 12.2. The van der Waals surface area contributed by atoms with Crippen LogP contribution in [-0.2, 0) is 9.84 Å². The van der Waals surface area contributed by atoms with E-state index in [9.17, 15) is 8.42 Å². The highest BCUT2D eigenvalue weighted by atomic mass is 32.2. The van der Waals surface area contributed by atoms with Crippen LogP contribution in [0.5, 0.6) is 0 Å². The normalized spacial score (nSPS) is 15.2. The molecule has 0 saturated heterocycles. The molecule has 0 amide bonds. The summed E-state index contributed by atoms with van der Waals surface area (Å²) < 4.78 is 24.5. The van der Waals surface area contributed by atoms with Crippen LogP contribution in [0.1, 0.15) is 44.4 Å². The van der Waals surface area contributed by atoms with Gasteiger partial charge in [0.25, 0.3) is 0 Å². The van der Waals surface area contributed by atoms with Crippen molar-refractivity contribution in [3.8, 4) is 0 Å². The Bertz CT molecular complexity index is 479. The average Bonchev–Trinajstić information content (AvgIpc) is 2.36. The van der Waals surface area contributed by atoms with Crippen molar-refractivity contribution in [2.24, 2.45) is 0 Å². The smallest absolute Gasteiger partial charge is 0.154 e. The van der Waals surface area contributed by atoms with Crippen LogP contribution in [0.2, 0.25) is 0 Å². The number of hydrogen-bond donors (Lipinski definition) is 1. The highest BCUT2D eigenvalue weighted by molar-refractivity contribution is 7.92. The van der Waals surface area contributed by atoms with Gasteiger partial charge in [-0.1, -0.05) is 43.7 Å². The molecule has 0 spiro atoms. The molecule has 1 rings (SSSR count). The summed E-state index contributed by atoms with van der Waals surface area (Å²) in [5, 5.41) is 2.90. The lowest BCUT2D eigenvalue weighted by molar-refractivity contribution is 0.509. The number of nitrogens with one attached hydrogen (secondary N) is 1. The predicted octanol–water partition coefficient (Wildman–Crippen LogP) is 2.86. The molecule has 0 radical (unpaired) electrons. The van der Waals surface area contributed by atoms with Crippen molar-refractivity contribution in [1.82, 2.24) is 5.32 Å². The lowest BCUT2D eigenvalue weighted by Crippen LogP contribution is -2.36. The van der Waals surface area contributed by atoms with Gasteiger partial charge in [0.1, 0.15) is 0 Å². The minimum Gasteiger partial charge on any atom is -0.309 e. The lowest BCUT2D eigenvalue weighted by atomic mass is 10.0. The summed E-state index contributed by atoms with van der Waals surface area (Å²) in [6, 6.07) is 7.95. The molecule has 19 heavy (non-hydrogen) atoms. The first-order chi connectivity index (χ1) is 8.92. The molecular formula is C15H25NO2S. The molecule has 0 fully saturated rings. The zero-order valence-corrected chi connectivity index (χ0v) is 13.1. The Labute approximate surface area is 117 Å². The van der Waals surface area contributed by atoms with E-state index in [0.29, 0.717) is 6.42 Å². The quantitative estimate of drug-likeness (QED) is 0.837. The fourth-order valence-corrected chi connectivity index (χ4v) is 3.84. The Morgan fingerprint density at radius 3 is 2.21 bits per heavy atom. The average molecular weight is 283 g/mol. The van der Waals surface area contributed by atoms with Gasteiger partial charge in [0.05, 0.1) is 11.0 Å². The first-order valence-corrected chi connectivity index (χ1v) is 8.65. The molecule has 0 aliphatic rings. The van der Waals surface area contributed by atoms with Gasteiger partial charge in [-0.3, -0.25) is 0 Å². The van der Waals surface area contributed by atoms with Crippen LogP contribution >= 0.6 is 0 Å². The molecular weight excluding hydrogens is 258 g/mol. The van der Waals surface area contributed by atoms with Crippen molar-refractivity contribution in [3.05, 3.63) is 35.4 Å². The molecule has 0 aliphatic carbocycles. The highest BCUT2D eigenvalue weighted by Gasteiger charge is 2.29. The fourth-order valence-electron chi connectivity index (χ4n) is 2.23. The Morgan fingerprint density at radius 2 is 1.74 bits per heavy atom. The van der Waals surface area contributed by atoms with Crippen molar-refractivity contribution in [3.63, 3.8) is 0 Å². The van der Waals surface area contributed by atoms with Crippen molar-refractivity contribution in [1.29, 1.82) is 0 Å². The maximum Gasteiger partial charge on any atom is 0.154 e. The predicted molar refractivity (Wildman–Crippen MR) is 81.1 cm³/mol. The van der Waals surface area contributed by atoms with E-state index < -0.39 is 15.1 Å². The summed E-state index contributed by atoms with van der Waals surface area (Å²) in [5.41, 5.74) is 2.22. The van der Waals surface area contributed by atoms with E-state index in [1.54, 1.807) is 6.92 Å². The van der Waals surface area contributed by atoms with Gasteiger partial charge < -0.3 is 5.32 Å². The van der Waals surface area contributed by atoms with E-state index >= 15 is 0 Å². The van der Waals surface area contributed by atoms with Gasteiger partial charge >= 0.3 is 0 Å². The molecule has 1 N–H and O–H groups in total. The Kier molecular flexibility index (Phi) is 6.01. The van der Waals surface area contributed by atoms with E-state index in [1.165, 1.54) is 5.56 Å². The summed E-state index contributed by atoms with van der Waals surface area (Å²) in [6.07, 6.45) is 0.666. The van der Waals surface area contributed by atoms with Gasteiger partial charge in [-0.15, -0.1) is 0 Å². The summed E-state index contributed by atoms with van der Waals surface area (Å²) in [4.78, 5) is 0. The van der Waals surface area contributed by atoms with Crippen molar-refractivity contribution < 1.29 is 8.42 Å². The third-order valence-corrected chi connectivity index (χ3v) is 5.77. The summed E-state index contributed by atoms with van der Waals surface area (Å²) in [6.45, 7) is 8.49. The number of hydrogen-bond acceptors (Lipinski definition) is 3. The van der Waals surface area contributed by atoms with E-state index in [1.807, 2.05) is 45.0 Å². The third-order valence-electron chi connectivity index (χ3n) is 3.39. The molecule has 1 aromatic rings. The largest absolute Gasteiger partial charge is 0.309 e. The Morgan fingerprint density at radius 1 is 1.16 bits per heavy atom. The molecule has 3 nitrogen and oxygen atoms in total. The maximum absolute atomic E-state index is 12.2. The fraction of sp³-hybridized carbons (Fsp3) is 0.600. The number of rotatable bonds is 7. The molecule has 108 valence electrons. The van der Waals surface area contributed by atoms with Gasteiger partial charge in [0.15, 0.2) is 9.84 Å². The second kappa shape index (κ2) is 7.06. The standard InChI is InChI=1S/C15H25NO2S/c1-5-11-19(17,18)13(4)15(16-6-2)14-9-7-12(3)8-10-14/h7-10,13,15-16H,5-6,11H2,1-4H3. The van der Waals surface area contributed by atoms with Gasteiger partial charge in [0.2, 0.25) is 0 Å². The van der Waals surface area contributed by atoms with Crippen LogP contribution in [0, 0.1) is 6.92 Å². The van der Waals surface area contributed by atoms with Crippen LogP contribution in [-0.4, -0.2) is 26.0 Å². The minimum atomic E-state index is -3.05. The topological polar surface area (TPSA) is 46.2 Å². The first-order valence-electron chi connectivity index (χ1n) is 6.93. The first kappa shape index (κ1) is 16.2. The van der Waals surface area contributed by atoms with Crippen molar-refractivity contribution >= 4 is 9.84 Å². The minimum absolute atomic E-state index is 0.137. The van der Waals surface area contributed by atoms with Gasteiger partial charge in [0, 0.05) is 6.04 Å². The zero-order valence-electron chi connectivity index (χ0n) is 12.3. The van der Waals surface area contributed by atoms with E-state index in [0.717, 1.165) is 12.1 Å². The third kappa shape index (κ3) is 4.32. The Balaban J connectivity index is 3.03. The van der Waals surface area contributed by atoms with Crippen molar-refractivity contribution in [2.45, 2.75) is 45.4 Å².